The van der Waals surface area contributed by atoms with Crippen LogP contribution in [0, 0.1) is 0 Å². The third kappa shape index (κ3) is 4.29. The molecular weight excluding hydrogens is 462 g/mol. The Labute approximate surface area is 197 Å². The number of esters is 1. The minimum Gasteiger partial charge on any atom is -0.420 e. The number of hydrogen-bond acceptors (Lipinski definition) is 5. The van der Waals surface area contributed by atoms with Gasteiger partial charge in [0.15, 0.2) is 5.76 Å². The van der Waals surface area contributed by atoms with Crippen molar-refractivity contribution in [1.29, 1.82) is 0 Å². The molecule has 0 saturated heterocycles. The molecule has 8 heteroatoms. The molecule has 3 aromatic rings. The summed E-state index contributed by atoms with van der Waals surface area (Å²) < 4.78 is 33.7. The summed E-state index contributed by atoms with van der Waals surface area (Å²) in [4.78, 5) is 26.5. The van der Waals surface area contributed by atoms with Crippen molar-refractivity contribution in [2.45, 2.75) is 18.2 Å². The standard InChI is InChI=1S/C25H20ClNO5S/c1-2-16-27-22(23(28)17-8-4-3-5-9-17)24(20-10-6-7-11-21(20)33(27,30)31)32-25(29)18-12-14-19(26)15-13-18/h3-15H,2,16H2,1H3. The van der Waals surface area contributed by atoms with Crippen LogP contribution in [-0.2, 0) is 14.8 Å². The zero-order valence-corrected chi connectivity index (χ0v) is 19.3. The third-order valence-electron chi connectivity index (χ3n) is 5.12. The van der Waals surface area contributed by atoms with E-state index < -0.39 is 21.8 Å². The predicted molar refractivity (Wildman–Crippen MR) is 125 cm³/mol. The second-order valence-electron chi connectivity index (χ2n) is 7.34. The molecule has 3 aromatic carbocycles. The van der Waals surface area contributed by atoms with Gasteiger partial charge >= 0.3 is 5.97 Å². The van der Waals surface area contributed by atoms with E-state index in [9.17, 15) is 18.0 Å². The Balaban J connectivity index is 1.94. The average Bonchev–Trinajstić information content (AvgIpc) is 2.83. The molecular formula is C25H20ClNO5S. The van der Waals surface area contributed by atoms with Gasteiger partial charge in [-0.3, -0.25) is 9.10 Å². The zero-order chi connectivity index (χ0) is 23.6. The summed E-state index contributed by atoms with van der Waals surface area (Å²) in [7, 11) is -4.04. The van der Waals surface area contributed by atoms with Crippen molar-refractivity contribution >= 4 is 39.1 Å². The maximum absolute atomic E-state index is 13.6. The van der Waals surface area contributed by atoms with Crippen LogP contribution in [0.5, 0.6) is 0 Å². The smallest absolute Gasteiger partial charge is 0.343 e. The third-order valence-corrected chi connectivity index (χ3v) is 7.23. The Morgan fingerprint density at radius 1 is 0.879 bits per heavy atom. The highest BCUT2D eigenvalue weighted by atomic mass is 35.5. The van der Waals surface area contributed by atoms with Crippen molar-refractivity contribution in [3.05, 3.63) is 106 Å². The van der Waals surface area contributed by atoms with Gasteiger partial charge in [0.2, 0.25) is 5.78 Å². The highest BCUT2D eigenvalue weighted by Crippen LogP contribution is 2.39. The maximum atomic E-state index is 13.6. The fraction of sp³-hybridized carbons (Fsp3) is 0.120. The topological polar surface area (TPSA) is 80.8 Å². The summed E-state index contributed by atoms with van der Waals surface area (Å²) in [5.74, 6) is -1.38. The molecule has 1 aliphatic rings. The van der Waals surface area contributed by atoms with E-state index in [0.717, 1.165) is 4.31 Å². The number of ketones is 1. The van der Waals surface area contributed by atoms with Gasteiger partial charge in [0.05, 0.1) is 10.5 Å². The molecule has 1 heterocycles. The first-order chi connectivity index (χ1) is 15.8. The molecule has 0 spiro atoms. The number of ether oxygens (including phenoxy) is 1. The number of sulfonamides is 1. The Kier molecular flexibility index (Phi) is 6.35. The molecule has 4 rings (SSSR count). The maximum Gasteiger partial charge on any atom is 0.343 e. The second kappa shape index (κ2) is 9.21. The number of carbonyl (C=O) groups is 2. The second-order valence-corrected chi connectivity index (χ2v) is 9.61. The molecule has 33 heavy (non-hydrogen) atoms. The number of Topliss-reactive ketones (excluding diaryl/α,β-unsaturated/α-hetero) is 1. The Morgan fingerprint density at radius 3 is 2.18 bits per heavy atom. The number of benzene rings is 3. The minimum absolute atomic E-state index is 0.0260. The summed E-state index contributed by atoms with van der Waals surface area (Å²) in [6.45, 7) is 1.85. The Bertz CT molecular complexity index is 1350. The average molecular weight is 482 g/mol. The number of hydrogen-bond donors (Lipinski definition) is 0. The van der Waals surface area contributed by atoms with E-state index in [1.54, 1.807) is 61.5 Å². The van der Waals surface area contributed by atoms with E-state index in [2.05, 4.69) is 0 Å². The van der Waals surface area contributed by atoms with Crippen molar-refractivity contribution in [2.75, 3.05) is 6.54 Å². The SMILES string of the molecule is CCCN1C(C(=O)c2ccccc2)=C(OC(=O)c2ccc(Cl)cc2)c2ccccc2S1(=O)=O. The van der Waals surface area contributed by atoms with Crippen LogP contribution < -0.4 is 0 Å². The number of halogens is 1. The van der Waals surface area contributed by atoms with Gasteiger partial charge in [-0.05, 0) is 42.8 Å². The number of fused-ring (bicyclic) bond motifs is 1. The monoisotopic (exact) mass is 481 g/mol. The molecule has 0 radical (unpaired) electrons. The van der Waals surface area contributed by atoms with Gasteiger partial charge in [-0.1, -0.05) is 61.0 Å². The molecule has 0 fully saturated rings. The van der Waals surface area contributed by atoms with E-state index >= 15 is 0 Å². The lowest BCUT2D eigenvalue weighted by molar-refractivity contribution is 0.0685. The summed E-state index contributed by atoms with van der Waals surface area (Å²) in [5, 5.41) is 0.453. The lowest BCUT2D eigenvalue weighted by Gasteiger charge is -2.32. The van der Waals surface area contributed by atoms with Crippen LogP contribution in [-0.4, -0.2) is 31.0 Å². The quantitative estimate of drug-likeness (QED) is 0.358. The molecule has 0 aliphatic carbocycles. The lowest BCUT2D eigenvalue weighted by Crippen LogP contribution is -2.39. The minimum atomic E-state index is -4.04. The van der Waals surface area contributed by atoms with Crippen LogP contribution in [0.4, 0.5) is 0 Å². The first kappa shape index (κ1) is 22.8. The fourth-order valence-corrected chi connectivity index (χ4v) is 5.46. The van der Waals surface area contributed by atoms with Gasteiger partial charge in [0.25, 0.3) is 10.0 Å². The van der Waals surface area contributed by atoms with Gasteiger partial charge < -0.3 is 4.74 Å². The van der Waals surface area contributed by atoms with Crippen molar-refractivity contribution in [3.8, 4) is 0 Å². The molecule has 0 bridgehead atoms. The molecule has 0 unspecified atom stereocenters. The number of rotatable bonds is 6. The van der Waals surface area contributed by atoms with Crippen LogP contribution in [0.3, 0.4) is 0 Å². The van der Waals surface area contributed by atoms with E-state index in [1.807, 2.05) is 0 Å². The first-order valence-corrected chi connectivity index (χ1v) is 12.1. The van der Waals surface area contributed by atoms with E-state index in [0.29, 0.717) is 11.4 Å². The summed E-state index contributed by atoms with van der Waals surface area (Å²) in [5.41, 5.74) is 0.463. The molecule has 0 N–H and O–H groups in total. The highest BCUT2D eigenvalue weighted by Gasteiger charge is 2.41. The molecule has 6 nitrogen and oxygen atoms in total. The summed E-state index contributed by atoms with van der Waals surface area (Å²) in [6.07, 6.45) is 0.450. The van der Waals surface area contributed by atoms with Crippen LogP contribution in [0.25, 0.3) is 5.76 Å². The first-order valence-electron chi connectivity index (χ1n) is 10.3. The Hall–Kier alpha value is -3.42. The van der Waals surface area contributed by atoms with Gasteiger partial charge in [0, 0.05) is 22.7 Å². The van der Waals surface area contributed by atoms with Crippen molar-refractivity contribution < 1.29 is 22.7 Å². The number of nitrogens with zero attached hydrogens (tertiary/aromatic N) is 1. The van der Waals surface area contributed by atoms with Crippen LogP contribution in [0.2, 0.25) is 5.02 Å². The summed E-state index contributed by atoms with van der Waals surface area (Å²) in [6, 6.07) is 20.6. The van der Waals surface area contributed by atoms with Gasteiger partial charge in [-0.25, -0.2) is 13.2 Å². The molecule has 0 saturated carbocycles. The predicted octanol–water partition coefficient (Wildman–Crippen LogP) is 5.16. The van der Waals surface area contributed by atoms with Gasteiger partial charge in [-0.2, -0.15) is 0 Å². The highest BCUT2D eigenvalue weighted by molar-refractivity contribution is 7.89. The van der Waals surface area contributed by atoms with Crippen molar-refractivity contribution in [3.63, 3.8) is 0 Å². The van der Waals surface area contributed by atoms with E-state index in [4.69, 9.17) is 16.3 Å². The Morgan fingerprint density at radius 2 is 1.52 bits per heavy atom. The van der Waals surface area contributed by atoms with E-state index in [-0.39, 0.29) is 39.6 Å². The van der Waals surface area contributed by atoms with Crippen LogP contribution in [0.1, 0.15) is 39.6 Å². The van der Waals surface area contributed by atoms with Gasteiger partial charge in [0.1, 0.15) is 5.70 Å². The van der Waals surface area contributed by atoms with Crippen LogP contribution in [0.15, 0.2) is 89.5 Å². The summed E-state index contributed by atoms with van der Waals surface area (Å²) >= 11 is 5.91. The molecule has 0 amide bonds. The van der Waals surface area contributed by atoms with Crippen molar-refractivity contribution in [2.24, 2.45) is 0 Å². The van der Waals surface area contributed by atoms with Crippen molar-refractivity contribution in [1.82, 2.24) is 4.31 Å². The normalized spacial score (nSPS) is 14.5. The zero-order valence-electron chi connectivity index (χ0n) is 17.7. The van der Waals surface area contributed by atoms with Gasteiger partial charge in [-0.15, -0.1) is 0 Å². The largest absolute Gasteiger partial charge is 0.420 e. The molecule has 168 valence electrons. The number of carbonyl (C=O) groups excluding carboxylic acids is 2. The fourth-order valence-electron chi connectivity index (χ4n) is 3.58. The number of allylic oxidation sites excluding steroid dienone is 1. The molecule has 1 aliphatic heterocycles. The van der Waals surface area contributed by atoms with Crippen LogP contribution >= 0.6 is 11.6 Å². The molecule has 0 aromatic heterocycles. The molecule has 0 atom stereocenters. The van der Waals surface area contributed by atoms with E-state index in [1.165, 1.54) is 24.3 Å². The lowest BCUT2D eigenvalue weighted by atomic mass is 10.0.